The molecule has 0 radical (unpaired) electrons. The summed E-state index contributed by atoms with van der Waals surface area (Å²) in [6, 6.07) is 2.92. The topological polar surface area (TPSA) is 91.4 Å². The van der Waals surface area contributed by atoms with Crippen molar-refractivity contribution in [1.82, 2.24) is 14.8 Å². The van der Waals surface area contributed by atoms with Gasteiger partial charge >= 0.3 is 5.97 Å². The van der Waals surface area contributed by atoms with E-state index in [-0.39, 0.29) is 10.8 Å². The molecule has 0 saturated carbocycles. The van der Waals surface area contributed by atoms with Crippen LogP contribution < -0.4 is 0 Å². The van der Waals surface area contributed by atoms with Gasteiger partial charge in [-0.2, -0.15) is 5.10 Å². The molecule has 0 aromatic carbocycles. The number of halogens is 2. The van der Waals surface area contributed by atoms with E-state index in [0.29, 0.717) is 15.9 Å². The van der Waals surface area contributed by atoms with Crippen LogP contribution in [0.3, 0.4) is 0 Å². The summed E-state index contributed by atoms with van der Waals surface area (Å²) in [4.78, 5) is 3.85. The molecule has 6 nitrogen and oxygen atoms in total. The summed E-state index contributed by atoms with van der Waals surface area (Å²) in [7, 11) is 0. The second-order valence-corrected chi connectivity index (χ2v) is 4.80. The highest BCUT2D eigenvalue weighted by Gasteiger charge is 2.29. The quantitative estimate of drug-likeness (QED) is 0.565. The molecule has 18 heavy (non-hydrogen) atoms. The van der Waals surface area contributed by atoms with Crippen molar-refractivity contribution < 1.29 is 15.3 Å². The molecule has 8 heteroatoms. The average molecular weight is 335 g/mol. The van der Waals surface area contributed by atoms with Crippen molar-refractivity contribution in [3.8, 4) is 5.69 Å². The number of aromatic nitrogens is 3. The van der Waals surface area contributed by atoms with Gasteiger partial charge in [0, 0.05) is 6.20 Å². The van der Waals surface area contributed by atoms with E-state index in [4.69, 9.17) is 11.6 Å². The van der Waals surface area contributed by atoms with E-state index in [1.54, 1.807) is 13.0 Å². The number of rotatable bonds is 2. The highest BCUT2D eigenvalue weighted by atomic mass is 79.9. The SMILES string of the molecule is Cc1cc(C(O)(O)O)n(-c2ccnc(Cl)c2Br)n1. The lowest BCUT2D eigenvalue weighted by Gasteiger charge is -2.16. The van der Waals surface area contributed by atoms with Gasteiger partial charge in [0.15, 0.2) is 0 Å². The lowest BCUT2D eigenvalue weighted by molar-refractivity contribution is -0.327. The fourth-order valence-corrected chi connectivity index (χ4v) is 2.05. The van der Waals surface area contributed by atoms with Gasteiger partial charge in [0.2, 0.25) is 0 Å². The Balaban J connectivity index is 2.68. The smallest absolute Gasteiger partial charge is 0.322 e. The maximum atomic E-state index is 9.29. The van der Waals surface area contributed by atoms with E-state index < -0.39 is 5.97 Å². The molecule has 96 valence electrons. The van der Waals surface area contributed by atoms with Crippen molar-refractivity contribution in [2.45, 2.75) is 12.9 Å². The van der Waals surface area contributed by atoms with Crippen LogP contribution in [0.15, 0.2) is 22.8 Å². The van der Waals surface area contributed by atoms with Gasteiger partial charge in [-0.05, 0) is 35.0 Å². The first-order chi connectivity index (χ1) is 8.30. The summed E-state index contributed by atoms with van der Waals surface area (Å²) in [5.41, 5.74) is 0.744. The first-order valence-corrected chi connectivity index (χ1v) is 6.02. The van der Waals surface area contributed by atoms with Crippen LogP contribution in [0.25, 0.3) is 5.69 Å². The highest BCUT2D eigenvalue weighted by Crippen LogP contribution is 2.29. The molecule has 0 fully saturated rings. The van der Waals surface area contributed by atoms with Crippen molar-refractivity contribution in [1.29, 1.82) is 0 Å². The predicted octanol–water partition coefficient (Wildman–Crippen LogP) is 1.08. The minimum atomic E-state index is -2.99. The zero-order valence-electron chi connectivity index (χ0n) is 9.17. The molecule has 2 aromatic rings. The Morgan fingerprint density at radius 3 is 2.67 bits per heavy atom. The van der Waals surface area contributed by atoms with E-state index in [9.17, 15) is 15.3 Å². The molecular formula is C10H9BrClN3O3. The molecule has 0 amide bonds. The summed E-state index contributed by atoms with van der Waals surface area (Å²) >= 11 is 9.08. The summed E-state index contributed by atoms with van der Waals surface area (Å²) in [5.74, 6) is -2.99. The Morgan fingerprint density at radius 1 is 1.39 bits per heavy atom. The van der Waals surface area contributed by atoms with Crippen LogP contribution in [0.4, 0.5) is 0 Å². The minimum absolute atomic E-state index is 0.192. The number of nitrogens with zero attached hydrogens (tertiary/aromatic N) is 3. The van der Waals surface area contributed by atoms with Crippen LogP contribution in [0.1, 0.15) is 11.4 Å². The molecule has 0 unspecified atom stereocenters. The van der Waals surface area contributed by atoms with E-state index in [2.05, 4.69) is 26.0 Å². The molecule has 2 heterocycles. The van der Waals surface area contributed by atoms with Gasteiger partial charge in [0.05, 0.1) is 15.9 Å². The maximum absolute atomic E-state index is 9.29. The largest absolute Gasteiger partial charge is 0.338 e. The third-order valence-electron chi connectivity index (χ3n) is 2.23. The second kappa shape index (κ2) is 4.60. The van der Waals surface area contributed by atoms with E-state index in [1.165, 1.54) is 16.9 Å². The molecule has 2 aromatic heterocycles. The van der Waals surface area contributed by atoms with Crippen molar-refractivity contribution in [3.05, 3.63) is 39.3 Å². The number of hydrogen-bond donors (Lipinski definition) is 3. The Labute approximate surface area is 116 Å². The van der Waals surface area contributed by atoms with Gasteiger partial charge in [-0.1, -0.05) is 11.6 Å². The van der Waals surface area contributed by atoms with Gasteiger partial charge in [0.25, 0.3) is 0 Å². The van der Waals surface area contributed by atoms with Gasteiger partial charge in [-0.3, -0.25) is 0 Å². The molecule has 3 N–H and O–H groups in total. The Kier molecular flexibility index (Phi) is 3.43. The molecule has 0 saturated heterocycles. The van der Waals surface area contributed by atoms with Crippen molar-refractivity contribution in [2.24, 2.45) is 0 Å². The summed E-state index contributed by atoms with van der Waals surface area (Å²) in [6.07, 6.45) is 1.44. The fraction of sp³-hybridized carbons (Fsp3) is 0.200. The Bertz CT molecular complexity index is 595. The lowest BCUT2D eigenvalue weighted by Crippen LogP contribution is -2.27. The van der Waals surface area contributed by atoms with E-state index >= 15 is 0 Å². The van der Waals surface area contributed by atoms with Crippen LogP contribution in [0.5, 0.6) is 0 Å². The third-order valence-corrected chi connectivity index (χ3v) is 3.53. The first kappa shape index (κ1) is 13.4. The Hall–Kier alpha value is -0.990. The van der Waals surface area contributed by atoms with Gasteiger partial charge in [-0.25, -0.2) is 9.67 Å². The van der Waals surface area contributed by atoms with E-state index in [1.807, 2.05) is 0 Å². The monoisotopic (exact) mass is 333 g/mol. The van der Waals surface area contributed by atoms with Crippen molar-refractivity contribution in [3.63, 3.8) is 0 Å². The van der Waals surface area contributed by atoms with Gasteiger partial charge in [0.1, 0.15) is 10.8 Å². The molecular weight excluding hydrogens is 325 g/mol. The molecule has 0 aliphatic carbocycles. The lowest BCUT2D eigenvalue weighted by atomic mass is 10.3. The normalized spacial score (nSPS) is 11.9. The zero-order chi connectivity index (χ0) is 13.5. The van der Waals surface area contributed by atoms with Crippen molar-refractivity contribution >= 4 is 27.5 Å². The second-order valence-electron chi connectivity index (χ2n) is 3.65. The fourth-order valence-electron chi connectivity index (χ4n) is 1.49. The van der Waals surface area contributed by atoms with Crippen LogP contribution in [-0.4, -0.2) is 30.1 Å². The van der Waals surface area contributed by atoms with E-state index in [0.717, 1.165) is 0 Å². The van der Waals surface area contributed by atoms with Crippen LogP contribution >= 0.6 is 27.5 Å². The average Bonchev–Trinajstić information content (AvgIpc) is 2.64. The summed E-state index contributed by atoms with van der Waals surface area (Å²) in [5, 5.41) is 32.1. The molecule has 0 spiro atoms. The molecule has 0 aliphatic rings. The standard InChI is InChI=1S/C10H9BrClN3O3/c1-5-4-7(10(16,17)18)15(14-5)6-2-3-13-9(12)8(6)11/h2-4,16-18H,1H3. The number of aryl methyl sites for hydroxylation is 1. The summed E-state index contributed by atoms with van der Waals surface area (Å²) < 4.78 is 1.60. The van der Waals surface area contributed by atoms with Gasteiger partial charge in [-0.15, -0.1) is 0 Å². The Morgan fingerprint density at radius 2 is 2.06 bits per heavy atom. The summed E-state index contributed by atoms with van der Waals surface area (Å²) in [6.45, 7) is 1.66. The zero-order valence-corrected chi connectivity index (χ0v) is 11.5. The predicted molar refractivity (Wildman–Crippen MR) is 67.1 cm³/mol. The van der Waals surface area contributed by atoms with Crippen molar-refractivity contribution in [2.75, 3.05) is 0 Å². The third kappa shape index (κ3) is 2.40. The molecule has 0 atom stereocenters. The number of aliphatic hydroxyl groups is 3. The number of hydrogen-bond acceptors (Lipinski definition) is 5. The highest BCUT2D eigenvalue weighted by molar-refractivity contribution is 9.10. The molecule has 2 rings (SSSR count). The van der Waals surface area contributed by atoms with Gasteiger partial charge < -0.3 is 15.3 Å². The molecule has 0 aliphatic heterocycles. The molecule has 0 bridgehead atoms. The van der Waals surface area contributed by atoms with Crippen LogP contribution in [0, 0.1) is 6.92 Å². The van der Waals surface area contributed by atoms with Crippen LogP contribution in [-0.2, 0) is 5.97 Å². The van der Waals surface area contributed by atoms with Crippen LogP contribution in [0.2, 0.25) is 5.15 Å². The first-order valence-electron chi connectivity index (χ1n) is 4.85. The maximum Gasteiger partial charge on any atom is 0.322 e. The minimum Gasteiger partial charge on any atom is -0.338 e. The number of pyridine rings is 1.